The highest BCUT2D eigenvalue weighted by Crippen LogP contribution is 3.10. The van der Waals surface area contributed by atoms with E-state index in [2.05, 4.69) is 31.1 Å². The van der Waals surface area contributed by atoms with Crippen molar-refractivity contribution in [3.63, 3.8) is 0 Å². The Labute approximate surface area is 323 Å². The lowest BCUT2D eigenvalue weighted by atomic mass is 8.92. The molecule has 0 unspecified atom stereocenters. The molecule has 54 heavy (non-hydrogen) atoms. The van der Waals surface area contributed by atoms with Gasteiger partial charge in [-0.1, -0.05) is 78.3 Å². The molecule has 6 atom stereocenters. The van der Waals surface area contributed by atoms with Gasteiger partial charge in [-0.15, -0.1) is 11.3 Å². The molecule has 1 aromatic heterocycles. The summed E-state index contributed by atoms with van der Waals surface area (Å²) < 4.78 is 10.8. The summed E-state index contributed by atoms with van der Waals surface area (Å²) in [5, 5.41) is 5.19. The Bertz CT molecular complexity index is 1750. The van der Waals surface area contributed by atoms with E-state index in [4.69, 9.17) is 9.47 Å². The summed E-state index contributed by atoms with van der Waals surface area (Å²) in [6, 6.07) is 9.07. The van der Waals surface area contributed by atoms with Crippen LogP contribution in [-0.4, -0.2) is 65.7 Å². The van der Waals surface area contributed by atoms with E-state index in [0.29, 0.717) is 59.6 Å². The minimum absolute atomic E-state index is 0.00796. The van der Waals surface area contributed by atoms with Crippen molar-refractivity contribution in [1.29, 1.82) is 0 Å². The third-order valence-electron chi connectivity index (χ3n) is 15.0. The first-order valence-corrected chi connectivity index (χ1v) is 20.9. The molecular weight excluding hydrogens is 703 g/mol. The Hall–Kier alpha value is -3.60. The first-order chi connectivity index (χ1) is 25.6. The zero-order chi connectivity index (χ0) is 39.0. The van der Waals surface area contributed by atoms with Gasteiger partial charge >= 0.3 is 11.9 Å². The predicted molar refractivity (Wildman–Crippen MR) is 204 cm³/mol. The van der Waals surface area contributed by atoms with Crippen LogP contribution in [0.2, 0.25) is 0 Å². The molecule has 11 heteroatoms. The van der Waals surface area contributed by atoms with Crippen LogP contribution in [0.1, 0.15) is 101 Å². The Morgan fingerprint density at radius 2 is 1.59 bits per heavy atom. The molecule has 0 saturated heterocycles. The highest BCUT2D eigenvalue weighted by atomic mass is 32.1. The van der Waals surface area contributed by atoms with Crippen molar-refractivity contribution in [1.82, 2.24) is 15.2 Å². The Morgan fingerprint density at radius 3 is 2.15 bits per heavy atom. The number of benzene rings is 1. The van der Waals surface area contributed by atoms with Crippen LogP contribution < -0.4 is 5.32 Å². The molecule has 6 aliphatic carbocycles. The summed E-state index contributed by atoms with van der Waals surface area (Å²) in [6.07, 6.45) is 1.51. The van der Waals surface area contributed by atoms with Crippen molar-refractivity contribution in [3.8, 4) is 0 Å². The molecule has 2 aromatic rings. The number of methoxy groups -OCH3 is 1. The van der Waals surface area contributed by atoms with Gasteiger partial charge in [0.15, 0.2) is 6.10 Å². The average molecular weight is 760 g/mol. The smallest absolute Gasteiger partial charge is 0.308 e. The van der Waals surface area contributed by atoms with E-state index in [1.165, 1.54) is 25.4 Å². The van der Waals surface area contributed by atoms with Crippen LogP contribution in [0, 0.1) is 70.0 Å². The Kier molecular flexibility index (Phi) is 10.1. The van der Waals surface area contributed by atoms with Gasteiger partial charge in [0, 0.05) is 55.6 Å². The molecule has 1 heterocycles. The van der Waals surface area contributed by atoms with Crippen LogP contribution in [-0.2, 0) is 35.1 Å². The normalized spacial score (nSPS) is 32.0. The lowest BCUT2D eigenvalue weighted by Gasteiger charge is -3.11. The van der Waals surface area contributed by atoms with Gasteiger partial charge in [-0.25, -0.2) is 4.98 Å². The molecule has 0 aliphatic heterocycles. The highest BCUT2D eigenvalue weighted by Gasteiger charge is 3.09. The highest BCUT2D eigenvalue weighted by molar-refractivity contribution is 7.09. The van der Waals surface area contributed by atoms with E-state index in [-0.39, 0.29) is 46.9 Å². The molecule has 6 saturated carbocycles. The SMILES string of the molecule is CC[C@H](C)[C@H](CC(=O)C12C3C4C1C1C2C3C41C)C(=O)N(C)[C@H](C[C@@H](OC(C)=O)c1nc(C(=O)N[C@@H](Cc2ccccc2)C[C@H](C)C(=O)OC)cs1)C(C)C. The van der Waals surface area contributed by atoms with Crippen LogP contribution in [0.4, 0.5) is 0 Å². The molecule has 2 amide bonds. The third-order valence-corrected chi connectivity index (χ3v) is 15.9. The fraction of sp³-hybridized carbons (Fsp3) is 0.674. The van der Waals surface area contributed by atoms with Gasteiger partial charge in [0.1, 0.15) is 16.5 Å². The number of nitrogens with one attached hydrogen (secondary N) is 1. The van der Waals surface area contributed by atoms with Gasteiger partial charge in [-0.05, 0) is 71.2 Å². The number of amides is 2. The van der Waals surface area contributed by atoms with Gasteiger partial charge < -0.3 is 19.7 Å². The van der Waals surface area contributed by atoms with E-state index in [1.807, 2.05) is 51.2 Å². The molecule has 0 bridgehead atoms. The van der Waals surface area contributed by atoms with Gasteiger partial charge in [-0.2, -0.15) is 0 Å². The fourth-order valence-electron chi connectivity index (χ4n) is 12.4. The maximum absolute atomic E-state index is 14.5. The zero-order valence-electron chi connectivity index (χ0n) is 33.2. The quantitative estimate of drug-likeness (QED) is 0.160. The molecule has 0 spiro atoms. The van der Waals surface area contributed by atoms with Gasteiger partial charge in [-0.3, -0.25) is 24.0 Å². The van der Waals surface area contributed by atoms with Crippen LogP contribution in [0.5, 0.6) is 0 Å². The van der Waals surface area contributed by atoms with Crippen molar-refractivity contribution < 1.29 is 33.4 Å². The lowest BCUT2D eigenvalue weighted by Crippen LogP contribution is -3.10. The standard InChI is InChI=1S/C43H57N3O7S/c1-10-22(4)27(18-31(48)43-35-32-36(43)34-37(43)33(35)42(32,34)7)40(50)46(8)29(21(2)3)19-30(53-24(6)47)39-45-28(20-54-39)38(49)44-26(16-23(5)41(51)52-9)17-25-14-12-11-13-15-25/h11-15,20-23,26-27,29-30,32-37H,10,16-19H2,1-9H3,(H,44,49)/t22-,23-,26+,27-,29+,30+,32?,33?,34?,35?,36?,37?,42?,43?/m0/s1. The van der Waals surface area contributed by atoms with Gasteiger partial charge in [0.25, 0.3) is 5.91 Å². The molecule has 0 radical (unpaired) electrons. The number of carbonyl (C=O) groups is 5. The Morgan fingerprint density at radius 1 is 0.963 bits per heavy atom. The average Bonchev–Trinajstić information content (AvgIpc) is 3.65. The predicted octanol–water partition coefficient (Wildman–Crippen LogP) is 6.54. The first-order valence-electron chi connectivity index (χ1n) is 20.0. The van der Waals surface area contributed by atoms with Gasteiger partial charge in [0.2, 0.25) is 5.91 Å². The largest absolute Gasteiger partial charge is 0.469 e. The fourth-order valence-corrected chi connectivity index (χ4v) is 13.2. The third kappa shape index (κ3) is 5.60. The van der Waals surface area contributed by atoms with Crippen LogP contribution >= 0.6 is 11.3 Å². The van der Waals surface area contributed by atoms with Crippen molar-refractivity contribution >= 4 is 40.9 Å². The summed E-state index contributed by atoms with van der Waals surface area (Å²) in [5.74, 6) is 2.31. The van der Waals surface area contributed by atoms with E-state index in [9.17, 15) is 24.0 Å². The number of nitrogens with zero attached hydrogens (tertiary/aromatic N) is 2. The van der Waals surface area contributed by atoms with E-state index >= 15 is 0 Å². The second-order valence-electron chi connectivity index (χ2n) is 17.8. The van der Waals surface area contributed by atoms with Crippen molar-refractivity contribution in [3.05, 3.63) is 52.0 Å². The maximum atomic E-state index is 14.5. The molecule has 6 fully saturated rings. The topological polar surface area (TPSA) is 132 Å². The van der Waals surface area contributed by atoms with Gasteiger partial charge in [0.05, 0.1) is 13.0 Å². The molecule has 6 aliphatic rings. The molecule has 1 N–H and O–H groups in total. The summed E-state index contributed by atoms with van der Waals surface area (Å²) in [6.45, 7) is 13.8. The van der Waals surface area contributed by atoms with Crippen LogP contribution in [0.3, 0.4) is 0 Å². The molecule has 8 rings (SSSR count). The minimum atomic E-state index is -0.785. The minimum Gasteiger partial charge on any atom is -0.469 e. The molecular formula is C43H57N3O7S. The maximum Gasteiger partial charge on any atom is 0.308 e. The first kappa shape index (κ1) is 38.7. The Balaban J connectivity index is 1.04. The molecule has 10 nitrogen and oxygen atoms in total. The number of esters is 2. The van der Waals surface area contributed by atoms with Crippen LogP contribution in [0.15, 0.2) is 35.7 Å². The lowest BCUT2D eigenvalue weighted by molar-refractivity contribution is -0.636. The number of ketones is 1. The summed E-state index contributed by atoms with van der Waals surface area (Å²) in [5.41, 5.74) is 1.63. The summed E-state index contributed by atoms with van der Waals surface area (Å²) in [7, 11) is 3.16. The van der Waals surface area contributed by atoms with Crippen molar-refractivity contribution in [2.24, 2.45) is 70.0 Å². The number of ether oxygens (including phenoxy) is 2. The van der Waals surface area contributed by atoms with E-state index in [0.717, 1.165) is 29.7 Å². The number of Topliss-reactive ketones (excluding diaryl/α,β-unsaturated/α-hetero) is 1. The van der Waals surface area contributed by atoms with E-state index < -0.39 is 29.8 Å². The second-order valence-corrected chi connectivity index (χ2v) is 18.6. The monoisotopic (exact) mass is 759 g/mol. The number of rotatable bonds is 19. The molecule has 292 valence electrons. The number of hydrogen-bond donors (Lipinski definition) is 1. The van der Waals surface area contributed by atoms with Crippen molar-refractivity contribution in [2.75, 3.05) is 14.2 Å². The second kappa shape index (κ2) is 14.2. The zero-order valence-corrected chi connectivity index (χ0v) is 34.0. The number of aromatic nitrogens is 1. The number of hydrogen-bond acceptors (Lipinski definition) is 9. The van der Waals surface area contributed by atoms with Crippen molar-refractivity contribution in [2.45, 2.75) is 98.8 Å². The van der Waals surface area contributed by atoms with E-state index in [1.54, 1.807) is 17.2 Å². The van der Waals surface area contributed by atoms with Crippen LogP contribution in [0.25, 0.3) is 0 Å². The summed E-state index contributed by atoms with van der Waals surface area (Å²) in [4.78, 5) is 73.3. The summed E-state index contributed by atoms with van der Waals surface area (Å²) >= 11 is 1.23. The number of carbonyl (C=O) groups excluding carboxylic acids is 5. The number of thiazole rings is 1. The molecule has 1 aromatic carbocycles.